The van der Waals surface area contributed by atoms with Crippen LogP contribution in [0.5, 0.6) is 11.5 Å². The van der Waals surface area contributed by atoms with Crippen molar-refractivity contribution in [1.82, 2.24) is 9.97 Å². The maximum atomic E-state index is 6.29. The summed E-state index contributed by atoms with van der Waals surface area (Å²) in [4.78, 5) is 10.9. The van der Waals surface area contributed by atoms with Gasteiger partial charge in [-0.2, -0.15) is 0 Å². The van der Waals surface area contributed by atoms with E-state index in [2.05, 4.69) is 39.1 Å². The molecule has 1 aromatic heterocycles. The van der Waals surface area contributed by atoms with E-state index < -0.39 is 0 Å². The number of para-hydroxylation sites is 1. The fourth-order valence-corrected chi connectivity index (χ4v) is 3.62. The van der Waals surface area contributed by atoms with E-state index in [0.717, 1.165) is 41.4 Å². The lowest BCUT2D eigenvalue weighted by Crippen LogP contribution is -2.18. The summed E-state index contributed by atoms with van der Waals surface area (Å²) in [6.07, 6.45) is 10.2. The summed E-state index contributed by atoms with van der Waals surface area (Å²) >= 11 is 0. The van der Waals surface area contributed by atoms with Crippen molar-refractivity contribution in [2.45, 2.75) is 38.3 Å². The van der Waals surface area contributed by atoms with Gasteiger partial charge in [-0.05, 0) is 49.9 Å². The number of hydrogen-bond acceptors (Lipinski definition) is 5. The third-order valence-corrected chi connectivity index (χ3v) is 5.06. The van der Waals surface area contributed by atoms with Crippen molar-refractivity contribution in [1.29, 1.82) is 0 Å². The Morgan fingerprint density at radius 1 is 0.964 bits per heavy atom. The second kappa shape index (κ2) is 8.74. The van der Waals surface area contributed by atoms with Crippen LogP contribution in [-0.2, 0) is 6.54 Å². The van der Waals surface area contributed by atoms with Gasteiger partial charge in [-0.3, -0.25) is 9.97 Å². The largest absolute Gasteiger partial charge is 0.493 e. The van der Waals surface area contributed by atoms with Crippen molar-refractivity contribution in [3.63, 3.8) is 0 Å². The van der Waals surface area contributed by atoms with E-state index in [9.17, 15) is 0 Å². The molecule has 2 aromatic carbocycles. The van der Waals surface area contributed by atoms with Gasteiger partial charge in [-0.15, -0.1) is 0 Å². The normalized spacial score (nSPS) is 14.0. The second-order valence-electron chi connectivity index (χ2n) is 6.98. The molecule has 0 bridgehead atoms. The van der Waals surface area contributed by atoms with E-state index >= 15 is 0 Å². The minimum Gasteiger partial charge on any atom is -0.493 e. The van der Waals surface area contributed by atoms with Gasteiger partial charge >= 0.3 is 0 Å². The zero-order chi connectivity index (χ0) is 19.2. The van der Waals surface area contributed by atoms with E-state index in [1.807, 2.05) is 24.3 Å². The predicted molar refractivity (Wildman–Crippen MR) is 110 cm³/mol. The average Bonchev–Trinajstić information content (AvgIpc) is 3.26. The molecule has 1 saturated carbocycles. The van der Waals surface area contributed by atoms with Gasteiger partial charge in [-0.25, -0.2) is 0 Å². The summed E-state index contributed by atoms with van der Waals surface area (Å²) in [6.45, 7) is 0.618. The molecule has 1 fully saturated rings. The summed E-state index contributed by atoms with van der Waals surface area (Å²) in [6, 6.07) is 16.4. The molecule has 0 aliphatic heterocycles. The Balaban J connectivity index is 1.68. The molecule has 0 radical (unpaired) electrons. The molecule has 144 valence electrons. The smallest absolute Gasteiger partial charge is 0.163 e. The fraction of sp³-hybridized carbons (Fsp3) is 0.304. The zero-order valence-corrected chi connectivity index (χ0v) is 16.1. The summed E-state index contributed by atoms with van der Waals surface area (Å²) in [7, 11) is 1.69. The predicted octanol–water partition coefficient (Wildman–Crippen LogP) is 5.14. The first kappa shape index (κ1) is 18.3. The van der Waals surface area contributed by atoms with Gasteiger partial charge in [0.25, 0.3) is 0 Å². The standard InChI is InChI=1S/C23H25N3O2/c1-27-22-12-11-20(15-23(22)28-21-9-5-6-10-21)26(19-7-3-2-4-8-19)17-18-16-24-13-14-25-18/h2-4,7-8,11-16,21H,5-6,9-10,17H2,1H3. The number of nitrogens with zero attached hydrogens (tertiary/aromatic N) is 3. The van der Waals surface area contributed by atoms with Gasteiger partial charge in [0.2, 0.25) is 0 Å². The minimum absolute atomic E-state index is 0.273. The van der Waals surface area contributed by atoms with Crippen LogP contribution in [-0.4, -0.2) is 23.2 Å². The monoisotopic (exact) mass is 375 g/mol. The fourth-order valence-electron chi connectivity index (χ4n) is 3.62. The van der Waals surface area contributed by atoms with Crippen molar-refractivity contribution in [2.24, 2.45) is 0 Å². The van der Waals surface area contributed by atoms with Crippen LogP contribution < -0.4 is 14.4 Å². The van der Waals surface area contributed by atoms with Crippen LogP contribution in [0.1, 0.15) is 31.4 Å². The summed E-state index contributed by atoms with van der Waals surface area (Å²) in [5.41, 5.74) is 3.02. The molecular weight excluding hydrogens is 350 g/mol. The first-order valence-corrected chi connectivity index (χ1v) is 9.75. The molecule has 1 heterocycles. The molecule has 5 heteroatoms. The van der Waals surface area contributed by atoms with Crippen LogP contribution in [0, 0.1) is 0 Å². The summed E-state index contributed by atoms with van der Waals surface area (Å²) < 4.78 is 11.8. The lowest BCUT2D eigenvalue weighted by molar-refractivity contribution is 0.201. The zero-order valence-electron chi connectivity index (χ0n) is 16.1. The molecular formula is C23H25N3O2. The molecule has 0 spiro atoms. The lowest BCUT2D eigenvalue weighted by Gasteiger charge is -2.26. The van der Waals surface area contributed by atoms with Crippen LogP contribution in [0.2, 0.25) is 0 Å². The second-order valence-corrected chi connectivity index (χ2v) is 6.98. The number of hydrogen-bond donors (Lipinski definition) is 0. The Kier molecular flexibility index (Phi) is 5.71. The van der Waals surface area contributed by atoms with Gasteiger partial charge in [0.1, 0.15) is 0 Å². The Hall–Kier alpha value is -3.08. The molecule has 0 saturated heterocycles. The topological polar surface area (TPSA) is 47.5 Å². The highest BCUT2D eigenvalue weighted by atomic mass is 16.5. The number of rotatable bonds is 7. The van der Waals surface area contributed by atoms with Crippen molar-refractivity contribution >= 4 is 11.4 Å². The highest BCUT2D eigenvalue weighted by Crippen LogP contribution is 2.37. The Bertz CT molecular complexity index is 881. The SMILES string of the molecule is COc1ccc(N(Cc2cnccn2)c2ccccc2)cc1OC1CCCC1. The Morgan fingerprint density at radius 3 is 2.50 bits per heavy atom. The highest BCUT2D eigenvalue weighted by Gasteiger charge is 2.20. The van der Waals surface area contributed by atoms with E-state index in [0.29, 0.717) is 6.54 Å². The van der Waals surface area contributed by atoms with Crippen LogP contribution in [0.4, 0.5) is 11.4 Å². The lowest BCUT2D eigenvalue weighted by atomic mass is 10.2. The quantitative estimate of drug-likeness (QED) is 0.572. The minimum atomic E-state index is 0.273. The van der Waals surface area contributed by atoms with E-state index in [1.54, 1.807) is 25.7 Å². The van der Waals surface area contributed by atoms with Gasteiger partial charge in [0.05, 0.1) is 31.6 Å². The van der Waals surface area contributed by atoms with Gasteiger partial charge < -0.3 is 14.4 Å². The van der Waals surface area contributed by atoms with Crippen LogP contribution in [0.3, 0.4) is 0 Å². The van der Waals surface area contributed by atoms with E-state index in [-0.39, 0.29) is 6.10 Å². The van der Waals surface area contributed by atoms with Crippen LogP contribution in [0.15, 0.2) is 67.1 Å². The van der Waals surface area contributed by atoms with E-state index in [1.165, 1.54) is 12.8 Å². The summed E-state index contributed by atoms with van der Waals surface area (Å²) in [5.74, 6) is 1.56. The third-order valence-electron chi connectivity index (χ3n) is 5.06. The van der Waals surface area contributed by atoms with Gasteiger partial charge in [-0.1, -0.05) is 18.2 Å². The Morgan fingerprint density at radius 2 is 1.79 bits per heavy atom. The molecule has 0 N–H and O–H groups in total. The van der Waals surface area contributed by atoms with Crippen molar-refractivity contribution in [3.05, 3.63) is 72.8 Å². The van der Waals surface area contributed by atoms with Crippen LogP contribution in [0.25, 0.3) is 0 Å². The number of anilines is 2. The average molecular weight is 375 g/mol. The highest BCUT2D eigenvalue weighted by molar-refractivity contribution is 5.66. The molecule has 3 aromatic rings. The van der Waals surface area contributed by atoms with Crippen molar-refractivity contribution in [2.75, 3.05) is 12.0 Å². The molecule has 28 heavy (non-hydrogen) atoms. The van der Waals surface area contributed by atoms with Gasteiger partial charge in [0, 0.05) is 29.8 Å². The number of aromatic nitrogens is 2. The number of methoxy groups -OCH3 is 1. The first-order valence-electron chi connectivity index (χ1n) is 9.75. The maximum Gasteiger partial charge on any atom is 0.163 e. The molecule has 1 aliphatic carbocycles. The molecule has 0 amide bonds. The Labute approximate surface area is 166 Å². The van der Waals surface area contributed by atoms with Crippen molar-refractivity contribution in [3.8, 4) is 11.5 Å². The van der Waals surface area contributed by atoms with E-state index in [4.69, 9.17) is 9.47 Å². The third kappa shape index (κ3) is 4.25. The maximum absolute atomic E-state index is 6.29. The first-order chi connectivity index (χ1) is 13.8. The molecule has 0 atom stereocenters. The van der Waals surface area contributed by atoms with Gasteiger partial charge in [0.15, 0.2) is 11.5 Å². The summed E-state index contributed by atoms with van der Waals surface area (Å²) in [5, 5.41) is 0. The molecule has 1 aliphatic rings. The number of ether oxygens (including phenoxy) is 2. The molecule has 0 unspecified atom stereocenters. The molecule has 5 nitrogen and oxygen atoms in total. The van der Waals surface area contributed by atoms with Crippen LogP contribution >= 0.6 is 0 Å². The molecule has 4 rings (SSSR count). The van der Waals surface area contributed by atoms with Crippen molar-refractivity contribution < 1.29 is 9.47 Å². The number of benzene rings is 2.